The van der Waals surface area contributed by atoms with Gasteiger partial charge in [0.25, 0.3) is 5.56 Å². The highest BCUT2D eigenvalue weighted by Gasteiger charge is 2.02. The van der Waals surface area contributed by atoms with Gasteiger partial charge in [0.05, 0.1) is 0 Å². The number of hydrogen-bond acceptors (Lipinski definition) is 2. The Hall–Kier alpha value is -2.03. The van der Waals surface area contributed by atoms with Gasteiger partial charge in [-0.3, -0.25) is 4.79 Å². The minimum Gasteiger partial charge on any atom is -0.508 e. The number of pyridine rings is 1. The van der Waals surface area contributed by atoms with Gasteiger partial charge in [-0.25, -0.2) is 0 Å². The summed E-state index contributed by atoms with van der Waals surface area (Å²) in [6.07, 6.45) is 1.72. The van der Waals surface area contributed by atoms with Gasteiger partial charge in [-0.15, -0.1) is 0 Å². The van der Waals surface area contributed by atoms with Crippen LogP contribution < -0.4 is 5.56 Å². The van der Waals surface area contributed by atoms with Gasteiger partial charge in [-0.1, -0.05) is 12.1 Å². The van der Waals surface area contributed by atoms with Gasteiger partial charge >= 0.3 is 0 Å². The third kappa shape index (κ3) is 1.84. The molecule has 0 spiro atoms. The number of aromatic nitrogens is 1. The number of phenolic OH excluding ortho intramolecular Hbond substituents is 1. The second-order valence-electron chi connectivity index (χ2n) is 3.87. The van der Waals surface area contributed by atoms with E-state index >= 15 is 0 Å². The van der Waals surface area contributed by atoms with E-state index in [9.17, 15) is 9.90 Å². The maximum Gasteiger partial charge on any atom is 0.250 e. The first-order valence-corrected chi connectivity index (χ1v) is 5.04. The van der Waals surface area contributed by atoms with E-state index in [2.05, 4.69) is 0 Å². The minimum absolute atomic E-state index is 0.0578. The smallest absolute Gasteiger partial charge is 0.250 e. The first kappa shape index (κ1) is 10.5. The van der Waals surface area contributed by atoms with Gasteiger partial charge in [0.2, 0.25) is 0 Å². The third-order valence-corrected chi connectivity index (χ3v) is 2.65. The first-order valence-electron chi connectivity index (χ1n) is 5.04. The molecule has 82 valence electrons. The van der Waals surface area contributed by atoms with Crippen molar-refractivity contribution in [3.8, 4) is 16.9 Å². The Morgan fingerprint density at radius 1 is 1.12 bits per heavy atom. The fourth-order valence-corrected chi connectivity index (χ4v) is 1.52. The van der Waals surface area contributed by atoms with Crippen molar-refractivity contribution < 1.29 is 5.11 Å². The summed E-state index contributed by atoms with van der Waals surface area (Å²) in [5.41, 5.74) is 2.43. The molecule has 0 unspecified atom stereocenters. The summed E-state index contributed by atoms with van der Waals surface area (Å²) in [4.78, 5) is 11.5. The summed E-state index contributed by atoms with van der Waals surface area (Å²) in [6.45, 7) is 1.84. The molecule has 1 aromatic carbocycles. The lowest BCUT2D eigenvalue weighted by atomic mass is 10.0. The van der Waals surface area contributed by atoms with Crippen LogP contribution in [0.3, 0.4) is 0 Å². The lowest BCUT2D eigenvalue weighted by Gasteiger charge is -2.05. The molecular weight excluding hydrogens is 202 g/mol. The molecule has 1 aromatic heterocycles. The number of aromatic hydroxyl groups is 1. The Labute approximate surface area is 93.6 Å². The van der Waals surface area contributed by atoms with Gasteiger partial charge in [0.1, 0.15) is 5.75 Å². The molecule has 0 bridgehead atoms. The van der Waals surface area contributed by atoms with Crippen LogP contribution >= 0.6 is 0 Å². The zero-order chi connectivity index (χ0) is 11.7. The SMILES string of the molecule is Cc1ccc(-c2ccn(C)c(=O)c2)cc1O. The summed E-state index contributed by atoms with van der Waals surface area (Å²) in [6, 6.07) is 8.81. The molecule has 0 aliphatic rings. The van der Waals surface area contributed by atoms with Gasteiger partial charge in [-0.05, 0) is 35.7 Å². The van der Waals surface area contributed by atoms with Gasteiger partial charge in [0.15, 0.2) is 0 Å². The van der Waals surface area contributed by atoms with E-state index in [1.165, 1.54) is 4.57 Å². The molecular formula is C13H13NO2. The van der Waals surface area contributed by atoms with E-state index < -0.39 is 0 Å². The highest BCUT2D eigenvalue weighted by atomic mass is 16.3. The van der Waals surface area contributed by atoms with E-state index in [-0.39, 0.29) is 11.3 Å². The standard InChI is InChI=1S/C13H13NO2/c1-9-3-4-10(7-12(9)15)11-5-6-14(2)13(16)8-11/h3-8,15H,1-2H3. The van der Waals surface area contributed by atoms with Crippen LogP contribution in [0.5, 0.6) is 5.75 Å². The van der Waals surface area contributed by atoms with Crippen molar-refractivity contribution in [2.45, 2.75) is 6.92 Å². The Kier molecular flexibility index (Phi) is 2.52. The molecule has 0 amide bonds. The van der Waals surface area contributed by atoms with Crippen molar-refractivity contribution in [2.75, 3.05) is 0 Å². The predicted molar refractivity (Wildman–Crippen MR) is 63.5 cm³/mol. The molecule has 0 radical (unpaired) electrons. The van der Waals surface area contributed by atoms with Crippen LogP contribution in [-0.2, 0) is 7.05 Å². The second-order valence-corrected chi connectivity index (χ2v) is 3.87. The normalized spacial score (nSPS) is 10.4. The van der Waals surface area contributed by atoms with E-state index in [0.29, 0.717) is 0 Å². The topological polar surface area (TPSA) is 42.2 Å². The highest BCUT2D eigenvalue weighted by Crippen LogP contribution is 2.24. The van der Waals surface area contributed by atoms with E-state index in [0.717, 1.165) is 16.7 Å². The van der Waals surface area contributed by atoms with Crippen molar-refractivity contribution in [1.29, 1.82) is 0 Å². The van der Waals surface area contributed by atoms with E-state index in [4.69, 9.17) is 0 Å². The highest BCUT2D eigenvalue weighted by molar-refractivity contribution is 5.65. The largest absolute Gasteiger partial charge is 0.508 e. The summed E-state index contributed by atoms with van der Waals surface area (Å²) < 4.78 is 1.51. The van der Waals surface area contributed by atoms with Crippen molar-refractivity contribution in [1.82, 2.24) is 4.57 Å². The molecule has 3 heteroatoms. The summed E-state index contributed by atoms with van der Waals surface area (Å²) in [7, 11) is 1.71. The zero-order valence-corrected chi connectivity index (χ0v) is 9.27. The molecule has 1 N–H and O–H groups in total. The lowest BCUT2D eigenvalue weighted by molar-refractivity contribution is 0.471. The van der Waals surface area contributed by atoms with Crippen LogP contribution in [-0.4, -0.2) is 9.67 Å². The first-order chi connectivity index (χ1) is 7.58. The van der Waals surface area contributed by atoms with Crippen LogP contribution in [0.25, 0.3) is 11.1 Å². The molecule has 0 aliphatic heterocycles. The Bertz CT molecular complexity index is 585. The molecule has 3 nitrogen and oxygen atoms in total. The van der Waals surface area contributed by atoms with Crippen LogP contribution in [0.1, 0.15) is 5.56 Å². The van der Waals surface area contributed by atoms with Crippen LogP contribution in [0.2, 0.25) is 0 Å². The fraction of sp³-hybridized carbons (Fsp3) is 0.154. The van der Waals surface area contributed by atoms with E-state index in [1.54, 1.807) is 25.4 Å². The lowest BCUT2D eigenvalue weighted by Crippen LogP contribution is -2.14. The van der Waals surface area contributed by atoms with Crippen LogP contribution in [0, 0.1) is 6.92 Å². The molecule has 0 saturated heterocycles. The van der Waals surface area contributed by atoms with Crippen molar-refractivity contribution >= 4 is 0 Å². The molecule has 2 aromatic rings. The number of hydrogen-bond donors (Lipinski definition) is 1. The molecule has 2 rings (SSSR count). The van der Waals surface area contributed by atoms with Crippen LogP contribution in [0.15, 0.2) is 41.3 Å². The predicted octanol–water partition coefficient (Wildman–Crippen LogP) is 2.07. The van der Waals surface area contributed by atoms with Crippen molar-refractivity contribution in [2.24, 2.45) is 7.05 Å². The number of rotatable bonds is 1. The quantitative estimate of drug-likeness (QED) is 0.791. The zero-order valence-electron chi connectivity index (χ0n) is 9.27. The molecule has 0 saturated carbocycles. The molecule has 0 fully saturated rings. The van der Waals surface area contributed by atoms with E-state index in [1.807, 2.05) is 25.1 Å². The second kappa shape index (κ2) is 3.85. The third-order valence-electron chi connectivity index (χ3n) is 2.65. The number of aryl methyl sites for hydroxylation is 2. The molecule has 16 heavy (non-hydrogen) atoms. The Morgan fingerprint density at radius 2 is 1.81 bits per heavy atom. The molecule has 1 heterocycles. The fourth-order valence-electron chi connectivity index (χ4n) is 1.52. The number of benzene rings is 1. The molecule has 0 atom stereocenters. The van der Waals surface area contributed by atoms with Gasteiger partial charge in [-0.2, -0.15) is 0 Å². The average Bonchev–Trinajstić information content (AvgIpc) is 2.26. The van der Waals surface area contributed by atoms with Gasteiger partial charge in [0, 0.05) is 19.3 Å². The Balaban J connectivity index is 2.55. The molecule has 0 aliphatic carbocycles. The monoisotopic (exact) mass is 215 g/mol. The Morgan fingerprint density at radius 3 is 2.44 bits per heavy atom. The van der Waals surface area contributed by atoms with Gasteiger partial charge < -0.3 is 9.67 Å². The number of nitrogens with zero attached hydrogens (tertiary/aromatic N) is 1. The van der Waals surface area contributed by atoms with Crippen molar-refractivity contribution in [3.05, 3.63) is 52.4 Å². The summed E-state index contributed by atoms with van der Waals surface area (Å²) in [5.74, 6) is 0.248. The maximum atomic E-state index is 11.5. The maximum absolute atomic E-state index is 11.5. The summed E-state index contributed by atoms with van der Waals surface area (Å²) in [5, 5.41) is 9.60. The summed E-state index contributed by atoms with van der Waals surface area (Å²) >= 11 is 0. The number of phenols is 1. The van der Waals surface area contributed by atoms with Crippen molar-refractivity contribution in [3.63, 3.8) is 0 Å². The average molecular weight is 215 g/mol. The van der Waals surface area contributed by atoms with Crippen LogP contribution in [0.4, 0.5) is 0 Å². The minimum atomic E-state index is -0.0578.